The van der Waals surface area contributed by atoms with Crippen LogP contribution in [0.5, 0.6) is 0 Å². The van der Waals surface area contributed by atoms with Crippen molar-refractivity contribution in [2.75, 3.05) is 10.5 Å². The maximum Gasteiger partial charge on any atom is 0.262 e. The van der Waals surface area contributed by atoms with Gasteiger partial charge in [0.1, 0.15) is 5.82 Å². The Bertz CT molecular complexity index is 763. The molecule has 0 spiro atoms. The maximum atomic E-state index is 13.0. The number of hydrogen-bond donors (Lipinski definition) is 2. The van der Waals surface area contributed by atoms with Crippen LogP contribution in [0.4, 0.5) is 15.8 Å². The predicted octanol–water partition coefficient (Wildman–Crippen LogP) is 3.12. The highest BCUT2D eigenvalue weighted by molar-refractivity contribution is 14.1. The van der Waals surface area contributed by atoms with Crippen LogP contribution in [-0.2, 0) is 10.0 Å². The van der Waals surface area contributed by atoms with Crippen molar-refractivity contribution in [2.45, 2.75) is 11.8 Å². The number of halogens is 2. The Hall–Kier alpha value is -1.35. The lowest BCUT2D eigenvalue weighted by Gasteiger charge is -2.12. The topological polar surface area (TPSA) is 72.2 Å². The highest BCUT2D eigenvalue weighted by Gasteiger charge is 2.18. The molecule has 0 aliphatic carbocycles. The van der Waals surface area contributed by atoms with Gasteiger partial charge in [-0.15, -0.1) is 0 Å². The summed E-state index contributed by atoms with van der Waals surface area (Å²) < 4.78 is 40.6. The Kier molecular flexibility index (Phi) is 4.19. The number of nitrogen functional groups attached to an aromatic ring is 1. The third-order valence-electron chi connectivity index (χ3n) is 2.68. The smallest absolute Gasteiger partial charge is 0.262 e. The lowest BCUT2D eigenvalue weighted by Crippen LogP contribution is -2.15. The normalized spacial score (nSPS) is 11.3. The van der Waals surface area contributed by atoms with Crippen LogP contribution in [0.2, 0.25) is 0 Å². The van der Waals surface area contributed by atoms with Gasteiger partial charge in [0.2, 0.25) is 0 Å². The van der Waals surface area contributed by atoms with Gasteiger partial charge in [-0.3, -0.25) is 4.72 Å². The average Bonchev–Trinajstić information content (AvgIpc) is 2.35. The molecule has 0 fully saturated rings. The summed E-state index contributed by atoms with van der Waals surface area (Å²) in [6.45, 7) is 1.68. The Balaban J connectivity index is 2.43. The first kappa shape index (κ1) is 15.0. The summed E-state index contributed by atoms with van der Waals surface area (Å²) >= 11 is 1.87. The third-order valence-corrected chi connectivity index (χ3v) is 5.08. The molecule has 0 aliphatic rings. The van der Waals surface area contributed by atoms with Crippen molar-refractivity contribution in [2.24, 2.45) is 0 Å². The fourth-order valence-electron chi connectivity index (χ4n) is 1.68. The van der Waals surface area contributed by atoms with E-state index in [1.165, 1.54) is 24.3 Å². The minimum atomic E-state index is -3.76. The van der Waals surface area contributed by atoms with Crippen molar-refractivity contribution in [3.8, 4) is 0 Å². The number of rotatable bonds is 3. The van der Waals surface area contributed by atoms with E-state index in [0.717, 1.165) is 0 Å². The molecular weight excluding hydrogens is 394 g/mol. The molecule has 2 rings (SSSR count). The van der Waals surface area contributed by atoms with Gasteiger partial charge in [-0.05, 0) is 65.4 Å². The number of sulfonamides is 1. The summed E-state index contributed by atoms with van der Waals surface area (Å²) in [5.41, 5.74) is 6.90. The first-order valence-electron chi connectivity index (χ1n) is 5.63. The van der Waals surface area contributed by atoms with Crippen LogP contribution >= 0.6 is 22.6 Å². The molecule has 0 unspecified atom stereocenters. The van der Waals surface area contributed by atoms with E-state index in [0.29, 0.717) is 20.5 Å². The zero-order chi connectivity index (χ0) is 14.9. The second kappa shape index (κ2) is 5.57. The van der Waals surface area contributed by atoms with E-state index in [4.69, 9.17) is 5.73 Å². The summed E-state index contributed by atoms with van der Waals surface area (Å²) in [7, 11) is -3.76. The van der Waals surface area contributed by atoms with Crippen molar-refractivity contribution in [3.05, 3.63) is 51.3 Å². The van der Waals surface area contributed by atoms with Crippen molar-refractivity contribution in [3.63, 3.8) is 0 Å². The van der Waals surface area contributed by atoms with Crippen LogP contribution in [0.25, 0.3) is 0 Å². The molecule has 0 amide bonds. The Morgan fingerprint density at radius 3 is 2.55 bits per heavy atom. The number of hydrogen-bond acceptors (Lipinski definition) is 3. The van der Waals surface area contributed by atoms with Crippen LogP contribution in [-0.4, -0.2) is 8.42 Å². The lowest BCUT2D eigenvalue weighted by atomic mass is 10.2. The molecule has 0 aromatic heterocycles. The molecule has 0 heterocycles. The van der Waals surface area contributed by atoms with Crippen LogP contribution in [0.15, 0.2) is 41.3 Å². The third kappa shape index (κ3) is 3.21. The first-order chi connectivity index (χ1) is 9.29. The minimum Gasteiger partial charge on any atom is -0.399 e. The van der Waals surface area contributed by atoms with Gasteiger partial charge in [-0.1, -0.05) is 6.07 Å². The monoisotopic (exact) mass is 406 g/mol. The predicted molar refractivity (Wildman–Crippen MR) is 85.5 cm³/mol. The molecule has 2 aromatic rings. The van der Waals surface area contributed by atoms with Crippen molar-refractivity contribution >= 4 is 44.0 Å². The first-order valence-corrected chi connectivity index (χ1v) is 8.20. The summed E-state index contributed by atoms with van der Waals surface area (Å²) in [6.07, 6.45) is 0. The molecule has 20 heavy (non-hydrogen) atoms. The van der Waals surface area contributed by atoms with E-state index < -0.39 is 15.8 Å². The van der Waals surface area contributed by atoms with Crippen molar-refractivity contribution in [1.82, 2.24) is 0 Å². The highest BCUT2D eigenvalue weighted by Crippen LogP contribution is 2.25. The molecule has 0 bridgehead atoms. The number of anilines is 2. The standard InChI is InChI=1S/C13H12FIN2O2S/c1-8-2-4-10(16)7-13(8)20(18,19)17-12-5-3-9(14)6-11(12)15/h2-7,17H,16H2,1H3. The molecule has 7 heteroatoms. The van der Waals surface area contributed by atoms with E-state index in [1.807, 2.05) is 22.6 Å². The summed E-state index contributed by atoms with van der Waals surface area (Å²) in [5.74, 6) is -0.419. The molecule has 0 atom stereocenters. The van der Waals surface area contributed by atoms with Gasteiger partial charge in [0.05, 0.1) is 10.6 Å². The molecule has 0 aliphatic heterocycles. The summed E-state index contributed by atoms with van der Waals surface area (Å²) in [4.78, 5) is 0.109. The molecule has 3 N–H and O–H groups in total. The van der Waals surface area contributed by atoms with Crippen LogP contribution < -0.4 is 10.5 Å². The zero-order valence-corrected chi connectivity index (χ0v) is 13.5. The van der Waals surface area contributed by atoms with E-state index >= 15 is 0 Å². The SMILES string of the molecule is Cc1ccc(N)cc1S(=O)(=O)Nc1ccc(F)cc1I. The Morgan fingerprint density at radius 2 is 1.90 bits per heavy atom. The quantitative estimate of drug-likeness (QED) is 0.608. The number of aryl methyl sites for hydroxylation is 1. The van der Waals surface area contributed by atoms with Crippen LogP contribution in [0.3, 0.4) is 0 Å². The largest absolute Gasteiger partial charge is 0.399 e. The van der Waals surface area contributed by atoms with Gasteiger partial charge in [-0.2, -0.15) is 0 Å². The number of nitrogens with one attached hydrogen (secondary N) is 1. The molecular formula is C13H12FIN2O2S. The molecule has 4 nitrogen and oxygen atoms in total. The summed E-state index contributed by atoms with van der Waals surface area (Å²) in [6, 6.07) is 8.51. The van der Waals surface area contributed by atoms with E-state index in [9.17, 15) is 12.8 Å². The van der Waals surface area contributed by atoms with E-state index in [2.05, 4.69) is 4.72 Å². The molecule has 0 saturated heterocycles. The van der Waals surface area contributed by atoms with Crippen molar-refractivity contribution < 1.29 is 12.8 Å². The number of benzene rings is 2. The maximum absolute atomic E-state index is 13.0. The molecule has 2 aromatic carbocycles. The van der Waals surface area contributed by atoms with Gasteiger partial charge in [-0.25, -0.2) is 12.8 Å². The van der Waals surface area contributed by atoms with Gasteiger partial charge < -0.3 is 5.73 Å². The fourth-order valence-corrected chi connectivity index (χ4v) is 3.83. The van der Waals surface area contributed by atoms with Crippen molar-refractivity contribution in [1.29, 1.82) is 0 Å². The second-order valence-corrected chi connectivity index (χ2v) is 7.07. The molecule has 0 radical (unpaired) electrons. The Morgan fingerprint density at radius 1 is 1.20 bits per heavy atom. The van der Waals surface area contributed by atoms with Crippen LogP contribution in [0.1, 0.15) is 5.56 Å². The molecule has 106 valence electrons. The second-order valence-electron chi connectivity index (χ2n) is 4.25. The zero-order valence-electron chi connectivity index (χ0n) is 10.5. The fraction of sp³-hybridized carbons (Fsp3) is 0.0769. The van der Waals surface area contributed by atoms with Gasteiger partial charge >= 0.3 is 0 Å². The number of nitrogens with two attached hydrogens (primary N) is 1. The Labute approximate surface area is 130 Å². The van der Waals surface area contributed by atoms with Gasteiger partial charge in [0, 0.05) is 9.26 Å². The van der Waals surface area contributed by atoms with Crippen LogP contribution in [0, 0.1) is 16.3 Å². The minimum absolute atomic E-state index is 0.109. The average molecular weight is 406 g/mol. The van der Waals surface area contributed by atoms with E-state index in [1.54, 1.807) is 19.1 Å². The van der Waals surface area contributed by atoms with Gasteiger partial charge in [0.25, 0.3) is 10.0 Å². The summed E-state index contributed by atoms with van der Waals surface area (Å²) in [5, 5.41) is 0. The molecule has 0 saturated carbocycles. The lowest BCUT2D eigenvalue weighted by molar-refractivity contribution is 0.600. The van der Waals surface area contributed by atoms with E-state index in [-0.39, 0.29) is 4.90 Å². The van der Waals surface area contributed by atoms with Gasteiger partial charge in [0.15, 0.2) is 0 Å². The highest BCUT2D eigenvalue weighted by atomic mass is 127.